The van der Waals surface area contributed by atoms with Crippen LogP contribution in [0.15, 0.2) is 54.6 Å². The van der Waals surface area contributed by atoms with E-state index < -0.39 is 0 Å². The van der Waals surface area contributed by atoms with Crippen LogP contribution < -0.4 is 15.4 Å². The van der Waals surface area contributed by atoms with Gasteiger partial charge in [0.2, 0.25) is 0 Å². The SMILES string of the molecule is COCCOc1ccc2nc(-c3ccc(C(=O)Nc4ccc5c(n4)NCC5)cc3)[nH]c2c1. The fourth-order valence-corrected chi connectivity index (χ4v) is 3.65. The number of rotatable bonds is 7. The number of pyridine rings is 1. The molecular formula is C24H23N5O3. The number of anilines is 2. The Hall–Kier alpha value is -3.91. The third-order valence-corrected chi connectivity index (χ3v) is 5.34. The molecule has 2 aromatic carbocycles. The average Bonchev–Trinajstić information content (AvgIpc) is 3.45. The lowest BCUT2D eigenvalue weighted by molar-refractivity contribution is 0.102. The molecule has 8 nitrogen and oxygen atoms in total. The van der Waals surface area contributed by atoms with Crippen molar-refractivity contribution in [2.45, 2.75) is 6.42 Å². The van der Waals surface area contributed by atoms with E-state index in [2.05, 4.69) is 25.6 Å². The number of methoxy groups -OCH3 is 1. The zero-order valence-corrected chi connectivity index (χ0v) is 17.6. The maximum atomic E-state index is 12.6. The summed E-state index contributed by atoms with van der Waals surface area (Å²) in [5.41, 5.74) is 4.34. The van der Waals surface area contributed by atoms with Crippen LogP contribution in [0, 0.1) is 0 Å². The summed E-state index contributed by atoms with van der Waals surface area (Å²) in [6, 6.07) is 16.9. The van der Waals surface area contributed by atoms with Crippen molar-refractivity contribution in [1.82, 2.24) is 15.0 Å². The van der Waals surface area contributed by atoms with Gasteiger partial charge in [-0.2, -0.15) is 0 Å². The largest absolute Gasteiger partial charge is 0.491 e. The van der Waals surface area contributed by atoms with Crippen LogP contribution in [0.25, 0.3) is 22.4 Å². The van der Waals surface area contributed by atoms with Gasteiger partial charge in [-0.3, -0.25) is 4.79 Å². The molecule has 4 aromatic rings. The molecule has 0 unspecified atom stereocenters. The average molecular weight is 429 g/mol. The van der Waals surface area contributed by atoms with Crippen molar-refractivity contribution in [2.24, 2.45) is 0 Å². The van der Waals surface area contributed by atoms with E-state index in [-0.39, 0.29) is 5.91 Å². The predicted octanol–water partition coefficient (Wildman–Crippen LogP) is 3.87. The Morgan fingerprint density at radius 1 is 1.06 bits per heavy atom. The van der Waals surface area contributed by atoms with Crippen molar-refractivity contribution in [1.29, 1.82) is 0 Å². The molecule has 5 rings (SSSR count). The van der Waals surface area contributed by atoms with Crippen LogP contribution in [-0.4, -0.2) is 47.7 Å². The highest BCUT2D eigenvalue weighted by Gasteiger charge is 2.14. The number of amides is 1. The molecule has 0 fully saturated rings. The number of carbonyl (C=O) groups is 1. The first-order chi connectivity index (χ1) is 15.7. The van der Waals surface area contributed by atoms with Gasteiger partial charge < -0.3 is 25.1 Å². The van der Waals surface area contributed by atoms with Crippen LogP contribution in [-0.2, 0) is 11.2 Å². The van der Waals surface area contributed by atoms with E-state index in [1.165, 1.54) is 5.56 Å². The van der Waals surface area contributed by atoms with Crippen LogP contribution >= 0.6 is 0 Å². The highest BCUT2D eigenvalue weighted by molar-refractivity contribution is 6.04. The molecule has 0 spiro atoms. The zero-order valence-electron chi connectivity index (χ0n) is 17.6. The van der Waals surface area contributed by atoms with Gasteiger partial charge in [0, 0.05) is 30.8 Å². The Morgan fingerprint density at radius 3 is 2.78 bits per heavy atom. The topological polar surface area (TPSA) is 101 Å². The van der Waals surface area contributed by atoms with Gasteiger partial charge in [0.05, 0.1) is 17.6 Å². The number of aromatic amines is 1. The van der Waals surface area contributed by atoms with E-state index in [4.69, 9.17) is 9.47 Å². The maximum Gasteiger partial charge on any atom is 0.256 e. The molecule has 0 saturated heterocycles. The van der Waals surface area contributed by atoms with Gasteiger partial charge in [0.25, 0.3) is 5.91 Å². The third-order valence-electron chi connectivity index (χ3n) is 5.34. The highest BCUT2D eigenvalue weighted by Crippen LogP contribution is 2.25. The second-order valence-corrected chi connectivity index (χ2v) is 7.52. The minimum atomic E-state index is -0.204. The van der Waals surface area contributed by atoms with Gasteiger partial charge >= 0.3 is 0 Å². The van der Waals surface area contributed by atoms with E-state index in [9.17, 15) is 4.79 Å². The van der Waals surface area contributed by atoms with Gasteiger partial charge in [-0.15, -0.1) is 0 Å². The smallest absolute Gasteiger partial charge is 0.256 e. The quantitative estimate of drug-likeness (QED) is 0.386. The molecule has 0 bridgehead atoms. The molecule has 162 valence electrons. The summed E-state index contributed by atoms with van der Waals surface area (Å²) in [5.74, 6) is 2.66. The molecule has 0 radical (unpaired) electrons. The van der Waals surface area contributed by atoms with Crippen LogP contribution in [0.5, 0.6) is 5.75 Å². The highest BCUT2D eigenvalue weighted by atomic mass is 16.5. The monoisotopic (exact) mass is 429 g/mol. The molecule has 3 heterocycles. The number of imidazole rings is 1. The van der Waals surface area contributed by atoms with E-state index >= 15 is 0 Å². The van der Waals surface area contributed by atoms with Gasteiger partial charge in [-0.05, 0) is 42.3 Å². The van der Waals surface area contributed by atoms with Crippen LogP contribution in [0.2, 0.25) is 0 Å². The van der Waals surface area contributed by atoms with Gasteiger partial charge in [-0.25, -0.2) is 9.97 Å². The molecule has 1 aliphatic heterocycles. The zero-order chi connectivity index (χ0) is 21.9. The second-order valence-electron chi connectivity index (χ2n) is 7.52. The molecule has 8 heteroatoms. The summed E-state index contributed by atoms with van der Waals surface area (Å²) >= 11 is 0. The summed E-state index contributed by atoms with van der Waals surface area (Å²) in [5, 5.41) is 6.08. The van der Waals surface area contributed by atoms with Crippen LogP contribution in [0.3, 0.4) is 0 Å². The number of H-pyrrole nitrogens is 1. The number of nitrogens with one attached hydrogen (secondary N) is 3. The number of hydrogen-bond donors (Lipinski definition) is 3. The number of fused-ring (bicyclic) bond motifs is 2. The van der Waals surface area contributed by atoms with Crippen molar-refractivity contribution >= 4 is 28.6 Å². The summed E-state index contributed by atoms with van der Waals surface area (Å²) in [7, 11) is 1.64. The fraction of sp³-hybridized carbons (Fsp3) is 0.208. The molecule has 0 atom stereocenters. The summed E-state index contributed by atoms with van der Waals surface area (Å²) in [4.78, 5) is 25.1. The Balaban J connectivity index is 1.29. The van der Waals surface area contributed by atoms with Crippen molar-refractivity contribution < 1.29 is 14.3 Å². The molecule has 0 aliphatic carbocycles. The minimum absolute atomic E-state index is 0.204. The van der Waals surface area contributed by atoms with Gasteiger partial charge in [0.15, 0.2) is 0 Å². The molecule has 1 aliphatic rings. The van der Waals surface area contributed by atoms with E-state index in [0.29, 0.717) is 24.6 Å². The molecule has 32 heavy (non-hydrogen) atoms. The number of nitrogens with zero attached hydrogens (tertiary/aromatic N) is 2. The number of hydrogen-bond acceptors (Lipinski definition) is 6. The van der Waals surface area contributed by atoms with Crippen molar-refractivity contribution in [3.8, 4) is 17.1 Å². The first-order valence-corrected chi connectivity index (χ1v) is 10.5. The number of aromatic nitrogens is 3. The summed E-state index contributed by atoms with van der Waals surface area (Å²) < 4.78 is 10.7. The molecule has 1 amide bonds. The lowest BCUT2D eigenvalue weighted by Gasteiger charge is -2.07. The lowest BCUT2D eigenvalue weighted by atomic mass is 10.1. The standard InChI is InChI=1S/C24H23N5O3/c1-31-12-13-32-18-7-8-19-20(14-18)27-23(26-19)15-2-4-17(5-3-15)24(30)29-21-9-6-16-10-11-25-22(16)28-21/h2-9,14H,10-13H2,1H3,(H,26,27)(H2,25,28,29,30). The first-order valence-electron chi connectivity index (χ1n) is 10.5. The Labute approximate surface area is 185 Å². The Kier molecular flexibility index (Phi) is 5.43. The van der Waals surface area contributed by atoms with Crippen molar-refractivity contribution in [3.63, 3.8) is 0 Å². The van der Waals surface area contributed by atoms with Crippen LogP contribution in [0.1, 0.15) is 15.9 Å². The summed E-state index contributed by atoms with van der Waals surface area (Å²) in [6.45, 7) is 1.90. The molecule has 2 aromatic heterocycles. The second kappa shape index (κ2) is 8.68. The molecular weight excluding hydrogens is 406 g/mol. The third kappa shape index (κ3) is 4.13. The normalized spacial score (nSPS) is 12.4. The number of benzene rings is 2. The molecule has 3 N–H and O–H groups in total. The van der Waals surface area contributed by atoms with E-state index in [1.54, 1.807) is 19.2 Å². The maximum absolute atomic E-state index is 12.6. The van der Waals surface area contributed by atoms with Gasteiger partial charge in [0.1, 0.15) is 29.8 Å². The van der Waals surface area contributed by atoms with Crippen molar-refractivity contribution in [2.75, 3.05) is 37.5 Å². The Morgan fingerprint density at radius 2 is 1.94 bits per heavy atom. The predicted molar refractivity (Wildman–Crippen MR) is 123 cm³/mol. The van der Waals surface area contributed by atoms with E-state index in [1.807, 2.05) is 42.5 Å². The fourth-order valence-electron chi connectivity index (χ4n) is 3.65. The molecule has 0 saturated carbocycles. The van der Waals surface area contributed by atoms with Crippen LogP contribution in [0.4, 0.5) is 11.6 Å². The Bertz CT molecular complexity index is 1270. The minimum Gasteiger partial charge on any atom is -0.491 e. The first kappa shape index (κ1) is 20.0. The van der Waals surface area contributed by atoms with E-state index in [0.717, 1.165) is 47.0 Å². The van der Waals surface area contributed by atoms with Gasteiger partial charge in [-0.1, -0.05) is 18.2 Å². The summed E-state index contributed by atoms with van der Waals surface area (Å²) in [6.07, 6.45) is 0.960. The lowest BCUT2D eigenvalue weighted by Crippen LogP contribution is -2.13. The number of ether oxygens (including phenoxy) is 2. The van der Waals surface area contributed by atoms with Crippen molar-refractivity contribution in [3.05, 3.63) is 65.7 Å². The number of carbonyl (C=O) groups excluding carboxylic acids is 1.